The Bertz CT molecular complexity index is 763. The molecule has 0 aromatic rings. The van der Waals surface area contributed by atoms with Crippen LogP contribution in [0, 0.1) is 0 Å². The molecule has 0 saturated heterocycles. The molecule has 0 atom stereocenters. The lowest BCUT2D eigenvalue weighted by molar-refractivity contribution is -0.190. The maximum Gasteiger partial charge on any atom is 0.489 e. The summed E-state index contributed by atoms with van der Waals surface area (Å²) in [6, 6.07) is 0. The highest BCUT2D eigenvalue weighted by atomic mass is 28.3. The summed E-state index contributed by atoms with van der Waals surface area (Å²) < 4.78 is 45.1. The zero-order chi connectivity index (χ0) is 22.0. The fourth-order valence-corrected chi connectivity index (χ4v) is 8.55. The quantitative estimate of drug-likeness (QED) is 0.468. The van der Waals surface area contributed by atoms with E-state index in [-0.39, 0.29) is 0 Å². The Balaban J connectivity index is 2.80. The monoisotopic (exact) mass is 411 g/mol. The molecule has 155 valence electrons. The molecule has 0 heterocycles. The highest BCUT2D eigenvalue weighted by molar-refractivity contribution is 6.65. The number of hydrogen-bond donors (Lipinski definition) is 0. The lowest BCUT2D eigenvalue weighted by Crippen LogP contribution is -2.48. The zero-order valence-electron chi connectivity index (χ0n) is 18.5. The maximum absolute atomic E-state index is 13.2. The van der Waals surface area contributed by atoms with Gasteiger partial charge in [0.1, 0.15) is 0 Å². The van der Waals surface area contributed by atoms with Crippen LogP contribution in [0.25, 0.3) is 0 Å². The zero-order valence-corrected chi connectivity index (χ0v) is 19.5. The highest BCUT2D eigenvalue weighted by Crippen LogP contribution is 2.65. The molecule has 2 nitrogen and oxygen atoms in total. The van der Waals surface area contributed by atoms with E-state index < -0.39 is 31.3 Å². The van der Waals surface area contributed by atoms with Gasteiger partial charge in [0.05, 0.1) is 0 Å². The molecule has 0 aromatic carbocycles. The average molecular weight is 412 g/mol. The van der Waals surface area contributed by atoms with Crippen LogP contribution in [0.5, 0.6) is 0 Å². The van der Waals surface area contributed by atoms with Gasteiger partial charge in [0, 0.05) is 10.1 Å². The Hall–Kier alpha value is -1.56. The highest BCUT2D eigenvalue weighted by Gasteiger charge is 2.61. The van der Waals surface area contributed by atoms with Crippen molar-refractivity contribution < 1.29 is 22.4 Å². The second-order valence-electron chi connectivity index (χ2n) is 8.47. The minimum absolute atomic E-state index is 0.720. The van der Waals surface area contributed by atoms with E-state index in [9.17, 15) is 18.0 Å². The molecule has 0 aliphatic heterocycles. The summed E-state index contributed by atoms with van der Waals surface area (Å²) in [6.07, 6.45) is -5.02. The van der Waals surface area contributed by atoms with Gasteiger partial charge in [0.25, 0.3) is 0 Å². The predicted octanol–water partition coefficient (Wildman–Crippen LogP) is 6.98. The number of allylic oxidation sites excluding steroid dienone is 8. The van der Waals surface area contributed by atoms with Crippen LogP contribution in [0.15, 0.2) is 44.6 Å². The molecule has 0 amide bonds. The van der Waals surface area contributed by atoms with Gasteiger partial charge in [-0.25, -0.2) is 4.79 Å². The van der Waals surface area contributed by atoms with Gasteiger partial charge < -0.3 is 4.43 Å². The van der Waals surface area contributed by atoms with E-state index in [2.05, 4.69) is 0 Å². The van der Waals surface area contributed by atoms with E-state index in [1.807, 2.05) is 69.2 Å². The minimum atomic E-state index is -5.02. The first-order chi connectivity index (χ1) is 12.5. The fourth-order valence-electron chi connectivity index (χ4n) is 4.72. The Morgan fingerprint density at radius 2 is 0.964 bits per heavy atom. The fraction of sp³-hybridized carbons (Fsp3) is 0.591. The van der Waals surface area contributed by atoms with Crippen LogP contribution in [0.2, 0.25) is 10.1 Å². The molecule has 0 aromatic heterocycles. The normalized spacial score (nSPS) is 22.2. The standard InChI is InChI=1S/C22H30F3O2Si/c1-11-12(2)16(6)20(9,15(11)5)28(27-19(26)22(23,24)25)21(10)17(7)13(3)14(4)18(21)8/h1-10H3. The van der Waals surface area contributed by atoms with Crippen molar-refractivity contribution in [2.24, 2.45) is 0 Å². The molecule has 28 heavy (non-hydrogen) atoms. The molecule has 0 fully saturated rings. The van der Waals surface area contributed by atoms with Crippen LogP contribution in [0.1, 0.15) is 69.2 Å². The van der Waals surface area contributed by atoms with Crippen molar-refractivity contribution in [2.45, 2.75) is 85.5 Å². The number of hydrogen-bond acceptors (Lipinski definition) is 2. The van der Waals surface area contributed by atoms with Gasteiger partial charge in [0.2, 0.25) is 0 Å². The van der Waals surface area contributed by atoms with Crippen molar-refractivity contribution >= 4 is 15.0 Å². The van der Waals surface area contributed by atoms with E-state index in [4.69, 9.17) is 4.43 Å². The first kappa shape index (κ1) is 22.7. The lowest BCUT2D eigenvalue weighted by Gasteiger charge is -2.45. The number of carbonyl (C=O) groups excluding carboxylic acids is 1. The molecule has 2 aliphatic rings. The van der Waals surface area contributed by atoms with E-state index in [1.54, 1.807) is 0 Å². The largest absolute Gasteiger partial charge is 0.509 e. The third-order valence-electron chi connectivity index (χ3n) is 7.71. The molecule has 0 saturated carbocycles. The van der Waals surface area contributed by atoms with Crippen LogP contribution in [-0.4, -0.2) is 21.2 Å². The van der Waals surface area contributed by atoms with Gasteiger partial charge in [-0.15, -0.1) is 0 Å². The molecule has 0 unspecified atom stereocenters. The van der Waals surface area contributed by atoms with Crippen molar-refractivity contribution in [3.63, 3.8) is 0 Å². The second-order valence-corrected chi connectivity index (χ2v) is 11.3. The van der Waals surface area contributed by atoms with Crippen LogP contribution in [-0.2, 0) is 9.22 Å². The van der Waals surface area contributed by atoms with Gasteiger partial charge >= 0.3 is 21.2 Å². The third-order valence-corrected chi connectivity index (χ3v) is 11.4. The number of halogens is 3. The topological polar surface area (TPSA) is 26.3 Å². The van der Waals surface area contributed by atoms with Crippen molar-refractivity contribution in [2.75, 3.05) is 0 Å². The van der Waals surface area contributed by atoms with Crippen molar-refractivity contribution in [1.29, 1.82) is 0 Å². The summed E-state index contributed by atoms with van der Waals surface area (Å²) in [6.45, 7) is 19.7. The SMILES string of the molecule is CC1=C(C)C(C)([Si](OC(=O)C(F)(F)F)C2(C)C(C)=C(C)C(C)=C2C)C(C)=C1C. The molecule has 0 spiro atoms. The maximum atomic E-state index is 13.2. The lowest BCUT2D eigenvalue weighted by atomic mass is 9.96. The van der Waals surface area contributed by atoms with Gasteiger partial charge in [-0.1, -0.05) is 36.1 Å². The molecule has 0 N–H and O–H groups in total. The summed E-state index contributed by atoms with van der Waals surface area (Å²) in [4.78, 5) is 12.0. The summed E-state index contributed by atoms with van der Waals surface area (Å²) in [5.41, 5.74) is 8.28. The molecular formula is C22H30F3O2Si. The summed E-state index contributed by atoms with van der Waals surface area (Å²) in [7, 11) is -2.40. The smallest absolute Gasteiger partial charge is 0.489 e. The Morgan fingerprint density at radius 1 is 0.714 bits per heavy atom. The van der Waals surface area contributed by atoms with E-state index in [0.717, 1.165) is 44.6 Å². The molecule has 2 aliphatic carbocycles. The Labute approximate surface area is 168 Å². The van der Waals surface area contributed by atoms with Crippen LogP contribution >= 0.6 is 0 Å². The molecule has 2 rings (SSSR count). The molecular weight excluding hydrogens is 381 g/mol. The third kappa shape index (κ3) is 2.87. The van der Waals surface area contributed by atoms with Crippen LogP contribution in [0.3, 0.4) is 0 Å². The van der Waals surface area contributed by atoms with Crippen LogP contribution < -0.4 is 0 Å². The molecule has 0 bridgehead atoms. The number of carbonyl (C=O) groups is 1. The van der Waals surface area contributed by atoms with Gasteiger partial charge in [-0.05, 0) is 77.7 Å². The summed E-state index contributed by atoms with van der Waals surface area (Å²) >= 11 is 0. The van der Waals surface area contributed by atoms with Crippen LogP contribution in [0.4, 0.5) is 13.2 Å². The number of rotatable bonds is 3. The first-order valence-electron chi connectivity index (χ1n) is 9.43. The molecule has 1 radical (unpaired) electrons. The first-order valence-corrected chi connectivity index (χ1v) is 10.8. The molecule has 6 heteroatoms. The summed E-state index contributed by atoms with van der Waals surface area (Å²) in [5.74, 6) is -2.09. The van der Waals surface area contributed by atoms with Crippen molar-refractivity contribution in [1.82, 2.24) is 0 Å². The van der Waals surface area contributed by atoms with Gasteiger partial charge in [-0.3, -0.25) is 0 Å². The van der Waals surface area contributed by atoms with E-state index >= 15 is 0 Å². The number of alkyl halides is 3. The van der Waals surface area contributed by atoms with Crippen molar-refractivity contribution in [3.05, 3.63) is 44.6 Å². The Morgan fingerprint density at radius 3 is 1.18 bits per heavy atom. The van der Waals surface area contributed by atoms with E-state index in [1.165, 1.54) is 0 Å². The second kappa shape index (κ2) is 6.75. The van der Waals surface area contributed by atoms with Gasteiger partial charge in [0.15, 0.2) is 0 Å². The Kier molecular flexibility index (Phi) is 5.48. The summed E-state index contributed by atoms with van der Waals surface area (Å²) in [5, 5.41) is -1.44. The van der Waals surface area contributed by atoms with Gasteiger partial charge in [-0.2, -0.15) is 13.2 Å². The minimum Gasteiger partial charge on any atom is -0.509 e. The van der Waals surface area contributed by atoms with E-state index in [0.29, 0.717) is 0 Å². The predicted molar refractivity (Wildman–Crippen MR) is 108 cm³/mol. The van der Waals surface area contributed by atoms with Crippen molar-refractivity contribution in [3.8, 4) is 0 Å². The average Bonchev–Trinajstić information content (AvgIpc) is 2.86.